The predicted octanol–water partition coefficient (Wildman–Crippen LogP) is 2.00. The lowest BCUT2D eigenvalue weighted by Gasteiger charge is -2.09. The van der Waals surface area contributed by atoms with E-state index in [0.717, 1.165) is 24.3 Å². The molecule has 18 heavy (non-hydrogen) atoms. The fourth-order valence-corrected chi connectivity index (χ4v) is 1.91. The van der Waals surface area contributed by atoms with Crippen molar-refractivity contribution in [1.82, 2.24) is 14.8 Å². The summed E-state index contributed by atoms with van der Waals surface area (Å²) in [5.74, 6) is 0.611. The van der Waals surface area contributed by atoms with Gasteiger partial charge in [-0.25, -0.2) is 4.98 Å². The van der Waals surface area contributed by atoms with Crippen molar-refractivity contribution >= 4 is 5.69 Å². The van der Waals surface area contributed by atoms with Crippen molar-refractivity contribution in [2.75, 3.05) is 12.4 Å². The van der Waals surface area contributed by atoms with Crippen LogP contribution in [0.2, 0.25) is 0 Å². The molecule has 0 saturated carbocycles. The quantitative estimate of drug-likeness (QED) is 0.876. The van der Waals surface area contributed by atoms with Gasteiger partial charge in [0, 0.05) is 31.5 Å². The van der Waals surface area contributed by atoms with Crippen LogP contribution >= 0.6 is 0 Å². The summed E-state index contributed by atoms with van der Waals surface area (Å²) in [6, 6.07) is 3.84. The molecule has 0 saturated heterocycles. The lowest BCUT2D eigenvalue weighted by molar-refractivity contribution is 0.399. The molecule has 2 aromatic heterocycles. The molecule has 96 valence electrons. The summed E-state index contributed by atoms with van der Waals surface area (Å²) >= 11 is 0. The van der Waals surface area contributed by atoms with Gasteiger partial charge in [0.15, 0.2) is 0 Å². The molecular weight excluding hydrogens is 228 g/mol. The summed E-state index contributed by atoms with van der Waals surface area (Å²) < 4.78 is 7.04. The third kappa shape index (κ3) is 2.61. The Morgan fingerprint density at radius 3 is 3.00 bits per heavy atom. The normalized spacial score (nSPS) is 10.4. The van der Waals surface area contributed by atoms with Gasteiger partial charge in [-0.05, 0) is 18.6 Å². The maximum Gasteiger partial charge on any atom is 0.237 e. The van der Waals surface area contributed by atoms with Crippen LogP contribution in [-0.2, 0) is 20.0 Å². The molecule has 0 radical (unpaired) electrons. The van der Waals surface area contributed by atoms with E-state index < -0.39 is 0 Å². The van der Waals surface area contributed by atoms with E-state index in [4.69, 9.17) is 4.74 Å². The van der Waals surface area contributed by atoms with Crippen LogP contribution in [0.25, 0.3) is 0 Å². The molecule has 0 unspecified atom stereocenters. The smallest absolute Gasteiger partial charge is 0.237 e. The van der Waals surface area contributed by atoms with Crippen LogP contribution in [-0.4, -0.2) is 21.9 Å². The molecule has 0 aromatic carbocycles. The van der Waals surface area contributed by atoms with Gasteiger partial charge in [0.2, 0.25) is 5.88 Å². The molecular formula is C13H18N4O. The lowest BCUT2D eigenvalue weighted by atomic mass is 10.2. The van der Waals surface area contributed by atoms with E-state index in [9.17, 15) is 0 Å². The number of rotatable bonds is 5. The van der Waals surface area contributed by atoms with Crippen molar-refractivity contribution in [3.05, 3.63) is 35.8 Å². The first kappa shape index (κ1) is 12.4. The molecule has 0 aliphatic carbocycles. The van der Waals surface area contributed by atoms with Crippen LogP contribution in [0, 0.1) is 0 Å². The minimum absolute atomic E-state index is 0.611. The SMILES string of the molecule is CCc1nn(C)cc1CNc1cccnc1OC. The Morgan fingerprint density at radius 1 is 1.44 bits per heavy atom. The summed E-state index contributed by atoms with van der Waals surface area (Å²) in [5, 5.41) is 7.74. The van der Waals surface area contributed by atoms with E-state index >= 15 is 0 Å². The first-order valence-corrected chi connectivity index (χ1v) is 5.98. The summed E-state index contributed by atoms with van der Waals surface area (Å²) in [6.07, 6.45) is 4.68. The second kappa shape index (κ2) is 5.53. The van der Waals surface area contributed by atoms with Gasteiger partial charge in [-0.1, -0.05) is 6.92 Å². The highest BCUT2D eigenvalue weighted by Crippen LogP contribution is 2.21. The fourth-order valence-electron chi connectivity index (χ4n) is 1.91. The third-order valence-corrected chi connectivity index (χ3v) is 2.76. The topological polar surface area (TPSA) is 52.0 Å². The van der Waals surface area contributed by atoms with Crippen LogP contribution in [0.5, 0.6) is 5.88 Å². The second-order valence-electron chi connectivity index (χ2n) is 4.04. The molecule has 0 amide bonds. The summed E-state index contributed by atoms with van der Waals surface area (Å²) in [6.45, 7) is 2.83. The Morgan fingerprint density at radius 2 is 2.28 bits per heavy atom. The number of methoxy groups -OCH3 is 1. The van der Waals surface area contributed by atoms with Crippen molar-refractivity contribution < 1.29 is 4.74 Å². The van der Waals surface area contributed by atoms with Gasteiger partial charge in [-0.2, -0.15) is 5.10 Å². The zero-order valence-electron chi connectivity index (χ0n) is 11.0. The Balaban J connectivity index is 2.11. The number of aromatic nitrogens is 3. The van der Waals surface area contributed by atoms with Crippen LogP contribution in [0.15, 0.2) is 24.5 Å². The molecule has 0 fully saturated rings. The Hall–Kier alpha value is -2.04. The molecule has 0 atom stereocenters. The Bertz CT molecular complexity index is 521. The number of anilines is 1. The summed E-state index contributed by atoms with van der Waals surface area (Å²) in [5.41, 5.74) is 3.21. The van der Waals surface area contributed by atoms with E-state index in [1.807, 2.05) is 30.1 Å². The first-order valence-electron chi connectivity index (χ1n) is 5.98. The predicted molar refractivity (Wildman–Crippen MR) is 70.7 cm³/mol. The Kier molecular flexibility index (Phi) is 3.82. The largest absolute Gasteiger partial charge is 0.480 e. The van der Waals surface area contributed by atoms with Crippen molar-refractivity contribution in [2.45, 2.75) is 19.9 Å². The molecule has 0 spiro atoms. The van der Waals surface area contributed by atoms with Gasteiger partial charge >= 0.3 is 0 Å². The van der Waals surface area contributed by atoms with Crippen LogP contribution in [0.1, 0.15) is 18.2 Å². The molecule has 1 N–H and O–H groups in total. The standard InChI is InChI=1S/C13H18N4O/c1-4-11-10(9-17(2)16-11)8-15-12-6-5-7-14-13(12)18-3/h5-7,9,15H,4,8H2,1-3H3. The number of aryl methyl sites for hydroxylation is 2. The summed E-state index contributed by atoms with van der Waals surface area (Å²) in [7, 11) is 3.56. The molecule has 2 rings (SSSR count). The van der Waals surface area contributed by atoms with Crippen LogP contribution in [0.4, 0.5) is 5.69 Å². The fraction of sp³-hybridized carbons (Fsp3) is 0.385. The number of hydrogen-bond donors (Lipinski definition) is 1. The second-order valence-corrected chi connectivity index (χ2v) is 4.04. The average Bonchev–Trinajstić information content (AvgIpc) is 2.77. The van der Waals surface area contributed by atoms with Gasteiger partial charge in [0.1, 0.15) is 0 Å². The van der Waals surface area contributed by atoms with E-state index in [-0.39, 0.29) is 0 Å². The lowest BCUT2D eigenvalue weighted by Crippen LogP contribution is -2.03. The number of hydrogen-bond acceptors (Lipinski definition) is 4. The molecule has 2 heterocycles. The Labute approximate surface area is 107 Å². The van der Waals surface area contributed by atoms with Crippen molar-refractivity contribution in [2.24, 2.45) is 7.05 Å². The molecule has 5 nitrogen and oxygen atoms in total. The highest BCUT2D eigenvalue weighted by atomic mass is 16.5. The van der Waals surface area contributed by atoms with Gasteiger partial charge in [0.25, 0.3) is 0 Å². The van der Waals surface area contributed by atoms with Gasteiger partial charge in [-0.3, -0.25) is 4.68 Å². The molecule has 5 heteroatoms. The molecule has 0 aliphatic heterocycles. The van der Waals surface area contributed by atoms with E-state index in [0.29, 0.717) is 5.88 Å². The van der Waals surface area contributed by atoms with E-state index in [1.165, 1.54) is 5.56 Å². The zero-order valence-corrected chi connectivity index (χ0v) is 11.0. The zero-order chi connectivity index (χ0) is 13.0. The highest BCUT2D eigenvalue weighted by Gasteiger charge is 2.07. The van der Waals surface area contributed by atoms with Crippen molar-refractivity contribution in [1.29, 1.82) is 0 Å². The minimum atomic E-state index is 0.611. The average molecular weight is 246 g/mol. The van der Waals surface area contributed by atoms with Gasteiger partial charge < -0.3 is 10.1 Å². The van der Waals surface area contributed by atoms with Crippen molar-refractivity contribution in [3.8, 4) is 5.88 Å². The molecule has 0 bridgehead atoms. The minimum Gasteiger partial charge on any atom is -0.480 e. The molecule has 2 aromatic rings. The highest BCUT2D eigenvalue weighted by molar-refractivity contribution is 5.52. The van der Waals surface area contributed by atoms with Gasteiger partial charge in [-0.15, -0.1) is 0 Å². The monoisotopic (exact) mass is 246 g/mol. The number of nitrogens with one attached hydrogen (secondary N) is 1. The van der Waals surface area contributed by atoms with E-state index in [2.05, 4.69) is 22.3 Å². The summed E-state index contributed by atoms with van der Waals surface area (Å²) in [4.78, 5) is 4.15. The number of pyridine rings is 1. The number of nitrogens with zero attached hydrogens (tertiary/aromatic N) is 3. The van der Waals surface area contributed by atoms with Crippen LogP contribution in [0.3, 0.4) is 0 Å². The first-order chi connectivity index (χ1) is 8.74. The van der Waals surface area contributed by atoms with Crippen LogP contribution < -0.4 is 10.1 Å². The molecule has 0 aliphatic rings. The van der Waals surface area contributed by atoms with Gasteiger partial charge in [0.05, 0.1) is 18.5 Å². The maximum atomic E-state index is 5.20. The van der Waals surface area contributed by atoms with Crippen molar-refractivity contribution in [3.63, 3.8) is 0 Å². The third-order valence-electron chi connectivity index (χ3n) is 2.76. The van der Waals surface area contributed by atoms with E-state index in [1.54, 1.807) is 13.3 Å². The maximum absolute atomic E-state index is 5.20. The number of ether oxygens (including phenoxy) is 1.